The minimum absolute atomic E-state index is 0.0403. The molecule has 3 fully saturated rings. The Labute approximate surface area is 131 Å². The summed E-state index contributed by atoms with van der Waals surface area (Å²) in [6.07, 6.45) is 11.7. The lowest BCUT2D eigenvalue weighted by Crippen LogP contribution is -2.40. The summed E-state index contributed by atoms with van der Waals surface area (Å²) in [5.74, 6) is 2.79. The third-order valence-electron chi connectivity index (χ3n) is 5.99. The van der Waals surface area contributed by atoms with Gasteiger partial charge in [-0.2, -0.15) is 0 Å². The van der Waals surface area contributed by atoms with Crippen molar-refractivity contribution in [3.05, 3.63) is 24.3 Å². The van der Waals surface area contributed by atoms with Gasteiger partial charge < -0.3 is 18.9 Å². The summed E-state index contributed by atoms with van der Waals surface area (Å²) in [5.41, 5.74) is 0.0403. The Morgan fingerprint density at radius 3 is 2.18 bits per heavy atom. The van der Waals surface area contributed by atoms with E-state index in [0.717, 1.165) is 45.6 Å². The predicted octanol–water partition coefficient (Wildman–Crippen LogP) is 1.81. The van der Waals surface area contributed by atoms with Gasteiger partial charge in [0.25, 0.3) is 0 Å². The fourth-order valence-corrected chi connectivity index (χ4v) is 4.77. The van der Waals surface area contributed by atoms with E-state index in [0.29, 0.717) is 30.0 Å². The van der Waals surface area contributed by atoms with Crippen molar-refractivity contribution in [2.24, 2.45) is 29.1 Å². The molecule has 0 N–H and O–H groups in total. The van der Waals surface area contributed by atoms with Gasteiger partial charge in [0.15, 0.2) is 0 Å². The lowest BCUT2D eigenvalue weighted by Gasteiger charge is -2.38. The maximum Gasteiger partial charge on any atom is 0.104 e. The quantitative estimate of drug-likeness (QED) is 0.507. The minimum atomic E-state index is 0.0403. The summed E-state index contributed by atoms with van der Waals surface area (Å²) >= 11 is 0. The molecule has 2 bridgehead atoms. The van der Waals surface area contributed by atoms with Gasteiger partial charge in [-0.05, 0) is 30.1 Å². The van der Waals surface area contributed by atoms with Gasteiger partial charge in [0, 0.05) is 5.41 Å². The summed E-state index contributed by atoms with van der Waals surface area (Å²) in [6, 6.07) is 0. The first kappa shape index (κ1) is 13.7. The zero-order chi connectivity index (χ0) is 14.6. The van der Waals surface area contributed by atoms with Gasteiger partial charge in [0.05, 0.1) is 39.6 Å². The highest BCUT2D eigenvalue weighted by molar-refractivity contribution is 5.28. The number of allylic oxidation sites excluding steroid dienone is 3. The summed E-state index contributed by atoms with van der Waals surface area (Å²) in [7, 11) is 0. The molecule has 3 aliphatic carbocycles. The molecular formula is C18H24O4. The molecule has 120 valence electrons. The number of fused-ring (bicyclic) bond motifs is 5. The van der Waals surface area contributed by atoms with E-state index in [1.165, 1.54) is 6.42 Å². The number of hydrogen-bond acceptors (Lipinski definition) is 4. The summed E-state index contributed by atoms with van der Waals surface area (Å²) in [4.78, 5) is 0. The van der Waals surface area contributed by atoms with Crippen LogP contribution in [-0.2, 0) is 18.9 Å². The highest BCUT2D eigenvalue weighted by Gasteiger charge is 2.56. The van der Waals surface area contributed by atoms with E-state index >= 15 is 0 Å². The van der Waals surface area contributed by atoms with Gasteiger partial charge in [0.2, 0.25) is 0 Å². The van der Waals surface area contributed by atoms with E-state index < -0.39 is 0 Å². The van der Waals surface area contributed by atoms with Crippen molar-refractivity contribution in [1.82, 2.24) is 0 Å². The van der Waals surface area contributed by atoms with Crippen LogP contribution in [0, 0.1) is 29.1 Å². The van der Waals surface area contributed by atoms with Crippen molar-refractivity contribution >= 4 is 0 Å². The van der Waals surface area contributed by atoms with Crippen LogP contribution in [0.15, 0.2) is 24.3 Å². The molecule has 22 heavy (non-hydrogen) atoms. The Hall–Kier alpha value is -0.680. The molecule has 0 aromatic heterocycles. The van der Waals surface area contributed by atoms with Gasteiger partial charge in [-0.15, -0.1) is 0 Å². The molecule has 4 heteroatoms. The molecule has 2 aliphatic heterocycles. The molecule has 0 spiro atoms. The Balaban J connectivity index is 1.29. The highest BCUT2D eigenvalue weighted by Crippen LogP contribution is 2.59. The Bertz CT molecular complexity index is 473. The van der Waals surface area contributed by atoms with Crippen molar-refractivity contribution in [3.63, 3.8) is 0 Å². The zero-order valence-electron chi connectivity index (χ0n) is 12.9. The van der Waals surface area contributed by atoms with E-state index in [2.05, 4.69) is 24.3 Å². The van der Waals surface area contributed by atoms with Crippen molar-refractivity contribution in [3.8, 4) is 0 Å². The molecular weight excluding hydrogens is 280 g/mol. The third kappa shape index (κ3) is 2.37. The van der Waals surface area contributed by atoms with E-state index in [1.807, 2.05) is 0 Å². The molecule has 6 atom stereocenters. The first-order valence-electron chi connectivity index (χ1n) is 8.60. The predicted molar refractivity (Wildman–Crippen MR) is 80.4 cm³/mol. The first-order chi connectivity index (χ1) is 10.8. The van der Waals surface area contributed by atoms with Crippen molar-refractivity contribution in [2.75, 3.05) is 39.6 Å². The van der Waals surface area contributed by atoms with Crippen LogP contribution < -0.4 is 0 Å². The second-order valence-corrected chi connectivity index (χ2v) is 7.58. The lowest BCUT2D eigenvalue weighted by molar-refractivity contribution is -0.0388. The second-order valence-electron chi connectivity index (χ2n) is 7.58. The molecule has 0 amide bonds. The smallest absolute Gasteiger partial charge is 0.104 e. The number of epoxide rings is 2. The van der Waals surface area contributed by atoms with Crippen LogP contribution in [0.5, 0.6) is 0 Å². The Kier molecular flexibility index (Phi) is 3.22. The summed E-state index contributed by atoms with van der Waals surface area (Å²) < 4.78 is 22.6. The van der Waals surface area contributed by atoms with E-state index in [9.17, 15) is 0 Å². The molecule has 2 heterocycles. The number of ether oxygens (including phenoxy) is 4. The van der Waals surface area contributed by atoms with Crippen LogP contribution in [0.3, 0.4) is 0 Å². The molecule has 1 saturated carbocycles. The van der Waals surface area contributed by atoms with Gasteiger partial charge in [-0.1, -0.05) is 24.3 Å². The standard InChI is InChI=1S/C18H24O4/c1-2-13-5-12(1)16-3-4-18(17(13)16,10-19-6-14-8-21-14)11-20-7-15-9-22-15/h1-4,12-17H,5-11H2. The molecule has 5 rings (SSSR count). The largest absolute Gasteiger partial charge is 0.378 e. The van der Waals surface area contributed by atoms with Crippen LogP contribution >= 0.6 is 0 Å². The SMILES string of the molecule is C1=CC2CC1C1C=CC(COCC3CO3)(COCC3CO3)C21. The average Bonchev–Trinajstić information content (AvgIpc) is 3.40. The van der Waals surface area contributed by atoms with Crippen molar-refractivity contribution in [1.29, 1.82) is 0 Å². The van der Waals surface area contributed by atoms with Crippen molar-refractivity contribution < 1.29 is 18.9 Å². The summed E-state index contributed by atoms with van der Waals surface area (Å²) in [6.45, 7) is 4.68. The molecule has 2 saturated heterocycles. The fraction of sp³-hybridized carbons (Fsp3) is 0.778. The molecule has 5 aliphatic rings. The van der Waals surface area contributed by atoms with Gasteiger partial charge in [-0.3, -0.25) is 0 Å². The first-order valence-corrected chi connectivity index (χ1v) is 8.60. The van der Waals surface area contributed by atoms with Gasteiger partial charge in [-0.25, -0.2) is 0 Å². The molecule has 6 unspecified atom stereocenters. The van der Waals surface area contributed by atoms with Crippen molar-refractivity contribution in [2.45, 2.75) is 18.6 Å². The lowest BCUT2D eigenvalue weighted by atomic mass is 9.70. The maximum atomic E-state index is 6.02. The van der Waals surface area contributed by atoms with Crippen LogP contribution in [0.2, 0.25) is 0 Å². The average molecular weight is 304 g/mol. The topological polar surface area (TPSA) is 43.5 Å². The summed E-state index contributed by atoms with van der Waals surface area (Å²) in [5, 5.41) is 0. The van der Waals surface area contributed by atoms with Crippen LogP contribution in [0.25, 0.3) is 0 Å². The van der Waals surface area contributed by atoms with Gasteiger partial charge >= 0.3 is 0 Å². The highest BCUT2D eigenvalue weighted by atomic mass is 16.6. The second kappa shape index (κ2) is 5.17. The monoisotopic (exact) mass is 304 g/mol. The zero-order valence-corrected chi connectivity index (χ0v) is 12.9. The van der Waals surface area contributed by atoms with Crippen LogP contribution in [0.4, 0.5) is 0 Å². The van der Waals surface area contributed by atoms with E-state index in [1.54, 1.807) is 0 Å². The normalized spacial score (nSPS) is 49.8. The maximum absolute atomic E-state index is 6.02. The van der Waals surface area contributed by atoms with Gasteiger partial charge in [0.1, 0.15) is 12.2 Å². The number of hydrogen-bond donors (Lipinski definition) is 0. The minimum Gasteiger partial charge on any atom is -0.378 e. The van der Waals surface area contributed by atoms with Crippen LogP contribution in [0.1, 0.15) is 6.42 Å². The molecule has 0 aromatic carbocycles. The Morgan fingerprint density at radius 2 is 1.55 bits per heavy atom. The molecule has 0 aromatic rings. The van der Waals surface area contributed by atoms with E-state index in [-0.39, 0.29) is 5.41 Å². The molecule has 0 radical (unpaired) electrons. The third-order valence-corrected chi connectivity index (χ3v) is 5.99. The number of rotatable bonds is 8. The van der Waals surface area contributed by atoms with Crippen LogP contribution in [-0.4, -0.2) is 51.8 Å². The Morgan fingerprint density at radius 1 is 0.909 bits per heavy atom. The van der Waals surface area contributed by atoms with E-state index in [4.69, 9.17) is 18.9 Å². The fourth-order valence-electron chi connectivity index (χ4n) is 4.77. The molecule has 4 nitrogen and oxygen atoms in total.